The molecule has 0 aliphatic rings. The Morgan fingerprint density at radius 2 is 1.80 bits per heavy atom. The summed E-state index contributed by atoms with van der Waals surface area (Å²) in [5.41, 5.74) is 16.0. The first kappa shape index (κ1) is 22.3. The summed E-state index contributed by atoms with van der Waals surface area (Å²) < 4.78 is 5.19. The van der Waals surface area contributed by atoms with Gasteiger partial charge in [-0.3, -0.25) is 10.1 Å². The summed E-state index contributed by atoms with van der Waals surface area (Å²) in [6.45, 7) is 0. The summed E-state index contributed by atoms with van der Waals surface area (Å²) in [6.07, 6.45) is 0. The molecule has 2 aromatic carbocycles. The molecule has 0 unspecified atom stereocenters. The van der Waals surface area contributed by atoms with Crippen molar-refractivity contribution in [2.24, 2.45) is 0 Å². The molecule has 10 heteroatoms. The Hall–Kier alpha value is -4.46. The molecule has 8 nitrogen and oxygen atoms in total. The van der Waals surface area contributed by atoms with Crippen LogP contribution in [0.2, 0.25) is 0 Å². The number of hydrogen-bond acceptors (Lipinski definition) is 9. The zero-order valence-corrected chi connectivity index (χ0v) is 20.0. The fourth-order valence-electron chi connectivity index (χ4n) is 3.72. The Morgan fingerprint density at radius 1 is 1.06 bits per heavy atom. The molecule has 0 radical (unpaired) electrons. The number of thiophene rings is 1. The second-order valence-corrected chi connectivity index (χ2v) is 9.33. The van der Waals surface area contributed by atoms with Gasteiger partial charge in [0.2, 0.25) is 0 Å². The molecular weight excluding hydrogens is 480 g/mol. The number of carbonyl (C=O) groups is 1. The molecule has 3 heterocycles. The van der Waals surface area contributed by atoms with Gasteiger partial charge >= 0.3 is 0 Å². The monoisotopic (exact) mass is 498 g/mol. The zero-order chi connectivity index (χ0) is 24.5. The van der Waals surface area contributed by atoms with Gasteiger partial charge in [-0.05, 0) is 29.8 Å². The maximum absolute atomic E-state index is 13.2. The van der Waals surface area contributed by atoms with E-state index in [9.17, 15) is 10.1 Å². The minimum absolute atomic E-state index is 0.0936. The normalized spacial score (nSPS) is 10.7. The Bertz CT molecular complexity index is 1600. The Labute approximate surface area is 208 Å². The van der Waals surface area contributed by atoms with Gasteiger partial charge in [-0.25, -0.2) is 9.97 Å². The van der Waals surface area contributed by atoms with Crippen molar-refractivity contribution in [2.75, 3.05) is 23.9 Å². The first-order chi connectivity index (χ1) is 17.0. The molecule has 5 rings (SSSR count). The van der Waals surface area contributed by atoms with Crippen molar-refractivity contribution >= 4 is 55.4 Å². The Balaban J connectivity index is 1.51. The van der Waals surface area contributed by atoms with Crippen molar-refractivity contribution in [2.45, 2.75) is 0 Å². The lowest BCUT2D eigenvalue weighted by Gasteiger charge is -2.09. The van der Waals surface area contributed by atoms with Gasteiger partial charge in [-0.15, -0.1) is 22.7 Å². The van der Waals surface area contributed by atoms with E-state index in [0.29, 0.717) is 20.9 Å². The molecule has 0 spiro atoms. The number of nitrogens with zero attached hydrogens (tertiary/aromatic N) is 3. The number of nitrogens with two attached hydrogens (primary N) is 2. The molecule has 0 aliphatic carbocycles. The third-order valence-corrected chi connectivity index (χ3v) is 7.25. The number of nitrogens with one attached hydrogen (secondary N) is 1. The third-order valence-electron chi connectivity index (χ3n) is 5.40. The average molecular weight is 499 g/mol. The lowest BCUT2D eigenvalue weighted by atomic mass is 9.97. The van der Waals surface area contributed by atoms with E-state index in [4.69, 9.17) is 16.2 Å². The first-order valence-corrected chi connectivity index (χ1v) is 12.1. The number of pyridine rings is 1. The lowest BCUT2D eigenvalue weighted by Crippen LogP contribution is -2.11. The van der Waals surface area contributed by atoms with Crippen LogP contribution in [-0.2, 0) is 0 Å². The second-order valence-electron chi connectivity index (χ2n) is 7.47. The van der Waals surface area contributed by atoms with E-state index in [1.807, 2.05) is 60.0 Å². The van der Waals surface area contributed by atoms with Gasteiger partial charge < -0.3 is 16.2 Å². The number of carbonyl (C=O) groups excluding carboxylic acids is 1. The van der Waals surface area contributed by atoms with Crippen LogP contribution in [0.4, 0.5) is 16.6 Å². The highest BCUT2D eigenvalue weighted by Crippen LogP contribution is 2.42. The van der Waals surface area contributed by atoms with Gasteiger partial charge in [0.15, 0.2) is 5.13 Å². The van der Waals surface area contributed by atoms with Crippen LogP contribution in [0, 0.1) is 11.3 Å². The second kappa shape index (κ2) is 9.06. The van der Waals surface area contributed by atoms with Crippen molar-refractivity contribution in [1.82, 2.24) is 9.97 Å². The minimum Gasteiger partial charge on any atom is -0.497 e. The molecule has 5 N–H and O–H groups in total. The summed E-state index contributed by atoms with van der Waals surface area (Å²) in [7, 11) is 1.61. The van der Waals surface area contributed by atoms with Crippen LogP contribution in [0.3, 0.4) is 0 Å². The molecule has 1 amide bonds. The largest absolute Gasteiger partial charge is 0.497 e. The van der Waals surface area contributed by atoms with E-state index in [-0.39, 0.29) is 21.9 Å². The number of methoxy groups -OCH3 is 1. The van der Waals surface area contributed by atoms with E-state index < -0.39 is 5.91 Å². The lowest BCUT2D eigenvalue weighted by molar-refractivity contribution is 0.103. The minimum atomic E-state index is -0.405. The smallest absolute Gasteiger partial charge is 0.269 e. The van der Waals surface area contributed by atoms with Crippen LogP contribution in [-0.4, -0.2) is 23.0 Å². The van der Waals surface area contributed by atoms with Gasteiger partial charge in [0, 0.05) is 21.9 Å². The quantitative estimate of drug-likeness (QED) is 0.295. The standard InChI is InChI=1S/C25H18N6O2S2/c1-33-15-9-7-13(8-10-15)17-12-34-25(29-17)31-23(32)21-20(27)19-18(14-5-3-2-4-6-14)16(11-26)22(28)30-24(19)35-21/h2-10,12H,27H2,1H3,(H2,28,30)(H,29,31,32). The number of fused-ring (bicyclic) bond motifs is 1. The van der Waals surface area contributed by atoms with Crippen molar-refractivity contribution < 1.29 is 9.53 Å². The molecule has 35 heavy (non-hydrogen) atoms. The predicted octanol–water partition coefficient (Wildman–Crippen LogP) is 5.38. The molecule has 0 bridgehead atoms. The number of benzene rings is 2. The third kappa shape index (κ3) is 4.03. The topological polar surface area (TPSA) is 140 Å². The van der Waals surface area contributed by atoms with Crippen LogP contribution in [0.1, 0.15) is 15.2 Å². The number of amides is 1. The zero-order valence-electron chi connectivity index (χ0n) is 18.4. The SMILES string of the molecule is COc1ccc(-c2csc(NC(=O)c3sc4nc(N)c(C#N)c(-c5ccccc5)c4c3N)n2)cc1. The number of hydrogen-bond donors (Lipinski definition) is 3. The van der Waals surface area contributed by atoms with Crippen molar-refractivity contribution in [3.8, 4) is 34.2 Å². The van der Waals surface area contributed by atoms with E-state index in [1.54, 1.807) is 7.11 Å². The number of anilines is 3. The summed E-state index contributed by atoms with van der Waals surface area (Å²) in [6, 6.07) is 19.0. The molecule has 0 atom stereocenters. The predicted molar refractivity (Wildman–Crippen MR) is 141 cm³/mol. The van der Waals surface area contributed by atoms with E-state index in [0.717, 1.165) is 33.9 Å². The molecular formula is C25H18N6O2S2. The number of rotatable bonds is 5. The summed E-state index contributed by atoms with van der Waals surface area (Å²) in [5, 5.41) is 15.4. The van der Waals surface area contributed by atoms with Gasteiger partial charge in [-0.1, -0.05) is 30.3 Å². The molecule has 0 aliphatic heterocycles. The number of nitrogen functional groups attached to an aromatic ring is 2. The van der Waals surface area contributed by atoms with E-state index in [1.165, 1.54) is 11.3 Å². The molecule has 0 fully saturated rings. The van der Waals surface area contributed by atoms with Gasteiger partial charge in [0.05, 0.1) is 18.5 Å². The van der Waals surface area contributed by atoms with Crippen LogP contribution in [0.25, 0.3) is 32.6 Å². The molecule has 3 aromatic heterocycles. The van der Waals surface area contributed by atoms with Gasteiger partial charge in [0.1, 0.15) is 32.9 Å². The molecule has 5 aromatic rings. The highest BCUT2D eigenvalue weighted by molar-refractivity contribution is 7.21. The van der Waals surface area contributed by atoms with Gasteiger partial charge in [0.25, 0.3) is 5.91 Å². The van der Waals surface area contributed by atoms with Crippen molar-refractivity contribution in [3.05, 3.63) is 70.4 Å². The average Bonchev–Trinajstić information content (AvgIpc) is 3.48. The maximum Gasteiger partial charge on any atom is 0.269 e. The number of thiazole rings is 1. The summed E-state index contributed by atoms with van der Waals surface area (Å²) in [4.78, 5) is 22.8. The van der Waals surface area contributed by atoms with E-state index in [2.05, 4.69) is 21.4 Å². The van der Waals surface area contributed by atoms with Crippen molar-refractivity contribution in [1.29, 1.82) is 5.26 Å². The molecule has 0 saturated heterocycles. The maximum atomic E-state index is 13.2. The molecule has 0 saturated carbocycles. The summed E-state index contributed by atoms with van der Waals surface area (Å²) in [5.74, 6) is 0.440. The van der Waals surface area contributed by atoms with Crippen molar-refractivity contribution in [3.63, 3.8) is 0 Å². The van der Waals surface area contributed by atoms with Crippen LogP contribution in [0.5, 0.6) is 5.75 Å². The Morgan fingerprint density at radius 3 is 2.49 bits per heavy atom. The van der Waals surface area contributed by atoms with Crippen LogP contribution in [0.15, 0.2) is 60.0 Å². The highest BCUT2D eigenvalue weighted by atomic mass is 32.1. The van der Waals surface area contributed by atoms with Crippen LogP contribution >= 0.6 is 22.7 Å². The Kier molecular flexibility index (Phi) is 5.78. The van der Waals surface area contributed by atoms with Gasteiger partial charge in [-0.2, -0.15) is 5.26 Å². The fraction of sp³-hybridized carbons (Fsp3) is 0.0400. The number of nitriles is 1. The van der Waals surface area contributed by atoms with E-state index >= 15 is 0 Å². The van der Waals surface area contributed by atoms with Crippen LogP contribution < -0.4 is 21.5 Å². The fourth-order valence-corrected chi connectivity index (χ4v) is 5.45. The first-order valence-electron chi connectivity index (χ1n) is 10.4. The number of ether oxygens (including phenoxy) is 1. The highest BCUT2D eigenvalue weighted by Gasteiger charge is 2.24. The number of aromatic nitrogens is 2. The molecule has 172 valence electrons. The summed E-state index contributed by atoms with van der Waals surface area (Å²) >= 11 is 2.44.